The highest BCUT2D eigenvalue weighted by Gasteiger charge is 2.26. The van der Waals surface area contributed by atoms with E-state index in [0.717, 1.165) is 38.8 Å². The number of likely N-dealkylation sites (tertiary alicyclic amines) is 1. The van der Waals surface area contributed by atoms with Crippen molar-refractivity contribution >= 4 is 11.8 Å². The molecular weight excluding hydrogens is 334 g/mol. The van der Waals surface area contributed by atoms with Crippen molar-refractivity contribution in [3.8, 4) is 0 Å². The molecule has 4 N–H and O–H groups in total. The monoisotopic (exact) mass is 359 g/mol. The number of hydrogen-bond acceptors (Lipinski definition) is 5. The zero-order valence-corrected chi connectivity index (χ0v) is 14.7. The Kier molecular flexibility index (Phi) is 5.88. The van der Waals surface area contributed by atoms with Crippen molar-refractivity contribution in [3.63, 3.8) is 0 Å². The summed E-state index contributed by atoms with van der Waals surface area (Å²) in [5, 5.41) is 7.14. The minimum atomic E-state index is -0.284. The van der Waals surface area contributed by atoms with E-state index in [4.69, 9.17) is 5.73 Å². The van der Waals surface area contributed by atoms with Crippen molar-refractivity contribution < 1.29 is 4.79 Å². The van der Waals surface area contributed by atoms with Gasteiger partial charge in [-0.05, 0) is 31.7 Å². The quantitative estimate of drug-likeness (QED) is 0.702. The van der Waals surface area contributed by atoms with E-state index < -0.39 is 0 Å². The lowest BCUT2D eigenvalue weighted by Crippen LogP contribution is -2.49. The molecule has 9 heteroatoms. The van der Waals surface area contributed by atoms with Crippen LogP contribution in [0.4, 0.5) is 10.6 Å². The van der Waals surface area contributed by atoms with Gasteiger partial charge >= 0.3 is 6.03 Å². The second-order valence-electron chi connectivity index (χ2n) is 6.50. The molecule has 1 fully saturated rings. The van der Waals surface area contributed by atoms with Gasteiger partial charge in [0.1, 0.15) is 11.6 Å². The van der Waals surface area contributed by atoms with Crippen LogP contribution in [0.25, 0.3) is 0 Å². The molecule has 3 heterocycles. The number of aromatic amines is 1. The maximum Gasteiger partial charge on any atom is 0.317 e. The molecule has 0 aliphatic carbocycles. The normalized spacial score (nSPS) is 17.2. The third kappa shape index (κ3) is 4.84. The van der Waals surface area contributed by atoms with Crippen molar-refractivity contribution in [1.82, 2.24) is 30.0 Å². The Morgan fingerprint density at radius 3 is 3.08 bits per heavy atom. The third-order valence-corrected chi connectivity index (χ3v) is 4.59. The fraction of sp³-hybridized carbons (Fsp3) is 0.529. The first kappa shape index (κ1) is 18.0. The smallest absolute Gasteiger partial charge is 0.317 e. The number of nitrogens with two attached hydrogens (primary N) is 1. The summed E-state index contributed by atoms with van der Waals surface area (Å²) in [5.74, 6) is 0.661. The largest absolute Gasteiger partial charge is 0.383 e. The van der Waals surface area contributed by atoms with Gasteiger partial charge in [0.15, 0.2) is 0 Å². The van der Waals surface area contributed by atoms with E-state index in [1.54, 1.807) is 6.20 Å². The van der Waals surface area contributed by atoms with Gasteiger partial charge in [-0.1, -0.05) is 0 Å². The van der Waals surface area contributed by atoms with Crippen LogP contribution in [0.5, 0.6) is 0 Å². The van der Waals surface area contributed by atoms with Gasteiger partial charge in [-0.15, -0.1) is 0 Å². The lowest BCUT2D eigenvalue weighted by Gasteiger charge is -2.35. The van der Waals surface area contributed by atoms with Crippen LogP contribution in [-0.2, 0) is 13.0 Å². The van der Waals surface area contributed by atoms with Crippen LogP contribution in [0.15, 0.2) is 29.3 Å². The summed E-state index contributed by atoms with van der Waals surface area (Å²) in [6, 6.07) is 3.29. The van der Waals surface area contributed by atoms with Gasteiger partial charge in [0.2, 0.25) is 0 Å². The summed E-state index contributed by atoms with van der Waals surface area (Å²) >= 11 is 0. The fourth-order valence-corrected chi connectivity index (χ4v) is 3.32. The summed E-state index contributed by atoms with van der Waals surface area (Å²) in [6.45, 7) is 1.96. The molecule has 0 saturated carbocycles. The number of urea groups is 1. The first-order valence-electron chi connectivity index (χ1n) is 8.99. The highest BCUT2D eigenvalue weighted by atomic mass is 16.2. The number of aryl methyl sites for hydroxylation is 1. The number of carbonyl (C=O) groups is 1. The van der Waals surface area contributed by atoms with Gasteiger partial charge in [0.05, 0.1) is 0 Å². The van der Waals surface area contributed by atoms with Crippen LogP contribution in [-0.4, -0.2) is 49.8 Å². The molecular formula is C17H25N7O2. The summed E-state index contributed by atoms with van der Waals surface area (Å²) in [6.07, 6.45) is 8.19. The minimum Gasteiger partial charge on any atom is -0.383 e. The average molecular weight is 359 g/mol. The molecule has 1 saturated heterocycles. The summed E-state index contributed by atoms with van der Waals surface area (Å²) < 4.78 is 1.90. The van der Waals surface area contributed by atoms with Gasteiger partial charge in [-0.2, -0.15) is 5.10 Å². The van der Waals surface area contributed by atoms with Crippen LogP contribution >= 0.6 is 0 Å². The molecule has 0 radical (unpaired) electrons. The molecule has 0 unspecified atom stereocenters. The van der Waals surface area contributed by atoms with Crippen LogP contribution in [0.2, 0.25) is 0 Å². The van der Waals surface area contributed by atoms with Crippen LogP contribution < -0.4 is 16.6 Å². The standard InChI is InChI=1S/C17H25N7O2/c18-14-12-16(25)22-15(21-14)5-8-19-17(26)24-10-2-1-4-13(24)6-11-23-9-3-7-20-23/h3,7,9,12-13H,1-2,4-6,8,10-11H2,(H,19,26)(H3,18,21,22,25)/t13-/m0/s1. The number of H-pyrrole nitrogens is 1. The predicted octanol–water partition coefficient (Wildman–Crippen LogP) is 0.745. The molecule has 0 bridgehead atoms. The molecule has 2 aromatic rings. The molecule has 9 nitrogen and oxygen atoms in total. The van der Waals surface area contributed by atoms with Gasteiger partial charge in [0.25, 0.3) is 5.56 Å². The molecule has 2 amide bonds. The number of anilines is 1. The van der Waals surface area contributed by atoms with Crippen molar-refractivity contribution in [2.45, 2.75) is 44.7 Å². The molecule has 26 heavy (non-hydrogen) atoms. The Morgan fingerprint density at radius 1 is 1.42 bits per heavy atom. The van der Waals surface area contributed by atoms with Crippen LogP contribution in [0.3, 0.4) is 0 Å². The number of nitrogens with zero attached hydrogens (tertiary/aromatic N) is 4. The molecule has 3 rings (SSSR count). The highest BCUT2D eigenvalue weighted by molar-refractivity contribution is 5.74. The Hall–Kier alpha value is -2.84. The van der Waals surface area contributed by atoms with E-state index in [2.05, 4.69) is 20.4 Å². The Bertz CT molecular complexity index is 772. The second kappa shape index (κ2) is 8.50. The summed E-state index contributed by atoms with van der Waals surface area (Å²) in [4.78, 5) is 32.6. The highest BCUT2D eigenvalue weighted by Crippen LogP contribution is 2.20. The summed E-state index contributed by atoms with van der Waals surface area (Å²) in [5.41, 5.74) is 5.28. The lowest BCUT2D eigenvalue weighted by atomic mass is 10.00. The predicted molar refractivity (Wildman–Crippen MR) is 97.6 cm³/mol. The molecule has 1 atom stereocenters. The Labute approximate surface area is 151 Å². The van der Waals surface area contributed by atoms with E-state index in [1.165, 1.54) is 6.07 Å². The molecule has 1 aliphatic heterocycles. The number of nitrogens with one attached hydrogen (secondary N) is 2. The zero-order valence-electron chi connectivity index (χ0n) is 14.7. The van der Waals surface area contributed by atoms with Crippen molar-refractivity contribution in [3.05, 3.63) is 40.7 Å². The first-order chi connectivity index (χ1) is 12.6. The van der Waals surface area contributed by atoms with E-state index in [0.29, 0.717) is 18.8 Å². The maximum atomic E-state index is 12.6. The van der Waals surface area contributed by atoms with E-state index >= 15 is 0 Å². The average Bonchev–Trinajstić information content (AvgIpc) is 3.13. The first-order valence-corrected chi connectivity index (χ1v) is 8.99. The minimum absolute atomic E-state index is 0.0681. The van der Waals surface area contributed by atoms with E-state index in [9.17, 15) is 9.59 Å². The Morgan fingerprint density at radius 2 is 2.31 bits per heavy atom. The van der Waals surface area contributed by atoms with Gasteiger partial charge < -0.3 is 20.9 Å². The van der Waals surface area contributed by atoms with Crippen LogP contribution in [0, 0.1) is 0 Å². The number of rotatable bonds is 6. The topological polar surface area (TPSA) is 122 Å². The van der Waals surface area contributed by atoms with Gasteiger partial charge in [0, 0.05) is 50.6 Å². The van der Waals surface area contributed by atoms with Crippen molar-refractivity contribution in [2.75, 3.05) is 18.8 Å². The number of amides is 2. The Balaban J connectivity index is 1.50. The number of carbonyl (C=O) groups excluding carboxylic acids is 1. The number of hydrogen-bond donors (Lipinski definition) is 3. The fourth-order valence-electron chi connectivity index (χ4n) is 3.32. The number of aromatic nitrogens is 4. The van der Waals surface area contributed by atoms with Crippen molar-refractivity contribution in [1.29, 1.82) is 0 Å². The van der Waals surface area contributed by atoms with E-state index in [-0.39, 0.29) is 23.5 Å². The molecule has 1 aliphatic rings. The number of nitrogen functional groups attached to an aromatic ring is 1. The van der Waals surface area contributed by atoms with Crippen molar-refractivity contribution in [2.24, 2.45) is 0 Å². The maximum absolute atomic E-state index is 12.6. The number of piperidine rings is 1. The van der Waals surface area contributed by atoms with Gasteiger partial charge in [-0.25, -0.2) is 9.78 Å². The lowest BCUT2D eigenvalue weighted by molar-refractivity contribution is 0.143. The molecule has 2 aromatic heterocycles. The van der Waals surface area contributed by atoms with Gasteiger partial charge in [-0.3, -0.25) is 9.48 Å². The van der Waals surface area contributed by atoms with E-state index in [1.807, 2.05) is 21.8 Å². The second-order valence-corrected chi connectivity index (χ2v) is 6.50. The van der Waals surface area contributed by atoms with Crippen LogP contribution in [0.1, 0.15) is 31.5 Å². The summed E-state index contributed by atoms with van der Waals surface area (Å²) in [7, 11) is 0. The SMILES string of the molecule is Nc1cc(=O)[nH]c(CCNC(=O)N2CCCC[C@H]2CCn2cccn2)n1. The third-order valence-electron chi connectivity index (χ3n) is 4.59. The molecule has 0 spiro atoms. The molecule has 140 valence electrons. The molecule has 0 aromatic carbocycles. The zero-order chi connectivity index (χ0) is 18.4.